The molecule has 3 N–H and O–H groups in total. The summed E-state index contributed by atoms with van der Waals surface area (Å²) < 4.78 is 11.4. The molecule has 0 spiro atoms. The smallest absolute Gasteiger partial charge is 0.176 e. The van der Waals surface area contributed by atoms with Crippen molar-refractivity contribution in [3.8, 4) is 34.8 Å². The molecule has 2 bridgehead atoms. The highest BCUT2D eigenvalue weighted by atomic mass is 16.5. The number of Topliss-reactive ketones (excluding diaryl/α,β-unsaturated/α-hetero) is 1. The molecular weight excluding hydrogens is 444 g/mol. The van der Waals surface area contributed by atoms with Crippen LogP contribution in [0.3, 0.4) is 0 Å². The topological polar surface area (TPSA) is 96.2 Å². The van der Waals surface area contributed by atoms with Gasteiger partial charge >= 0.3 is 0 Å². The summed E-state index contributed by atoms with van der Waals surface area (Å²) in [5, 5.41) is 32.3. The lowest BCUT2D eigenvalue weighted by Gasteiger charge is -2.30. The predicted molar refractivity (Wildman–Crippen MR) is 131 cm³/mol. The summed E-state index contributed by atoms with van der Waals surface area (Å²) in [6.07, 6.45) is 4.86. The van der Waals surface area contributed by atoms with Crippen LogP contribution in [0.15, 0.2) is 18.2 Å². The van der Waals surface area contributed by atoms with Crippen LogP contribution in [-0.4, -0.2) is 40.9 Å². The zero-order valence-corrected chi connectivity index (χ0v) is 20.1. The minimum absolute atomic E-state index is 0.00146. The molecule has 3 aliphatic rings. The molecule has 0 fully saturated rings. The highest BCUT2D eigenvalue weighted by molar-refractivity contribution is 5.79. The van der Waals surface area contributed by atoms with Crippen LogP contribution < -0.4 is 9.47 Å². The Bertz CT molecular complexity index is 1200. The number of ketones is 1. The van der Waals surface area contributed by atoms with Crippen molar-refractivity contribution >= 4 is 5.78 Å². The number of aliphatic hydroxyl groups is 1. The summed E-state index contributed by atoms with van der Waals surface area (Å²) in [5.41, 5.74) is 4.24. The summed E-state index contributed by atoms with van der Waals surface area (Å²) in [7, 11) is 1.48. The Hall–Kier alpha value is -3.17. The lowest BCUT2D eigenvalue weighted by molar-refractivity contribution is -0.121. The van der Waals surface area contributed by atoms with Gasteiger partial charge in [0.1, 0.15) is 5.78 Å². The van der Waals surface area contributed by atoms with Crippen molar-refractivity contribution in [2.24, 2.45) is 0 Å². The van der Waals surface area contributed by atoms with E-state index in [4.69, 9.17) is 9.47 Å². The molecular formula is C29H32O6. The standard InChI is InChI=1S/C29H32O6/c1-34-28-23-7-3-6-20-15-24-19(5-2-4-18-12-13-35-29(26(18)24)27(20)33)14-22(31)16-21(30)10-8-17(23)9-11-25(28)32/h9,11,15,18-19,22,31-33H,2,4-6,8,10,12-14,16H2,1H3. The van der Waals surface area contributed by atoms with Gasteiger partial charge in [-0.2, -0.15) is 0 Å². The van der Waals surface area contributed by atoms with E-state index < -0.39 is 6.10 Å². The number of fused-ring (bicyclic) bond motifs is 2. The first-order valence-electron chi connectivity index (χ1n) is 12.5. The highest BCUT2D eigenvalue weighted by Crippen LogP contribution is 2.51. The number of carbonyl (C=O) groups excluding carboxylic acids is 1. The minimum Gasteiger partial charge on any atom is -0.504 e. The molecule has 2 aromatic rings. The van der Waals surface area contributed by atoms with Gasteiger partial charge in [-0.1, -0.05) is 30.4 Å². The van der Waals surface area contributed by atoms with Crippen LogP contribution in [0.4, 0.5) is 0 Å². The summed E-state index contributed by atoms with van der Waals surface area (Å²) >= 11 is 0. The average Bonchev–Trinajstić information content (AvgIpc) is 3.00. The molecule has 0 amide bonds. The van der Waals surface area contributed by atoms with Gasteiger partial charge in [-0.05, 0) is 61.1 Å². The summed E-state index contributed by atoms with van der Waals surface area (Å²) in [6.45, 7) is 0.575. The Kier molecular flexibility index (Phi) is 6.62. The first-order valence-corrected chi connectivity index (χ1v) is 12.5. The molecule has 3 unspecified atom stereocenters. The van der Waals surface area contributed by atoms with Gasteiger partial charge in [0.05, 0.1) is 25.4 Å². The molecule has 1 heterocycles. The number of aliphatic hydroxyl groups excluding tert-OH is 1. The number of aromatic hydroxyl groups is 2. The normalized spacial score (nSPS) is 23.9. The van der Waals surface area contributed by atoms with Gasteiger partial charge in [0, 0.05) is 30.4 Å². The lowest BCUT2D eigenvalue weighted by Crippen LogP contribution is -2.20. The molecule has 6 heteroatoms. The second-order valence-electron chi connectivity index (χ2n) is 9.94. The Balaban J connectivity index is 1.64. The van der Waals surface area contributed by atoms with E-state index in [0.29, 0.717) is 48.7 Å². The van der Waals surface area contributed by atoms with Crippen molar-refractivity contribution in [1.29, 1.82) is 0 Å². The molecule has 184 valence electrons. The van der Waals surface area contributed by atoms with Gasteiger partial charge in [-0.25, -0.2) is 0 Å². The van der Waals surface area contributed by atoms with E-state index in [1.54, 1.807) is 12.1 Å². The van der Waals surface area contributed by atoms with Crippen LogP contribution in [0.5, 0.6) is 23.0 Å². The fraction of sp³-hybridized carbons (Fsp3) is 0.483. The fourth-order valence-electron chi connectivity index (χ4n) is 5.97. The Labute approximate surface area is 205 Å². The number of methoxy groups -OCH3 is 1. The van der Waals surface area contributed by atoms with Crippen LogP contribution in [0.2, 0.25) is 0 Å². The number of ether oxygens (including phenoxy) is 2. The van der Waals surface area contributed by atoms with E-state index in [1.165, 1.54) is 7.11 Å². The van der Waals surface area contributed by atoms with E-state index in [0.717, 1.165) is 42.4 Å². The van der Waals surface area contributed by atoms with E-state index >= 15 is 0 Å². The van der Waals surface area contributed by atoms with E-state index in [1.807, 2.05) is 6.07 Å². The number of hydrogen-bond acceptors (Lipinski definition) is 6. The Morgan fingerprint density at radius 3 is 2.74 bits per heavy atom. The van der Waals surface area contributed by atoms with Crippen LogP contribution in [0.25, 0.3) is 0 Å². The SMILES string of the molecule is COc1c(O)ccc2c1C#CCc1cc3c4c(c1O)OCCC4CCCC3CC(O)CC(=O)CC2. The van der Waals surface area contributed by atoms with E-state index in [-0.39, 0.29) is 41.8 Å². The molecule has 2 aromatic carbocycles. The maximum atomic E-state index is 12.8. The number of hydrogen-bond donors (Lipinski definition) is 3. The zero-order valence-electron chi connectivity index (χ0n) is 20.1. The quantitative estimate of drug-likeness (QED) is 0.525. The molecule has 5 rings (SSSR count). The lowest BCUT2D eigenvalue weighted by atomic mass is 9.81. The summed E-state index contributed by atoms with van der Waals surface area (Å²) in [6, 6.07) is 5.34. The minimum atomic E-state index is -0.725. The van der Waals surface area contributed by atoms with E-state index in [9.17, 15) is 20.1 Å². The first kappa shape index (κ1) is 23.6. The molecule has 1 aliphatic heterocycles. The molecule has 0 aromatic heterocycles. The Morgan fingerprint density at radius 2 is 1.91 bits per heavy atom. The van der Waals surface area contributed by atoms with Gasteiger partial charge < -0.3 is 24.8 Å². The molecule has 0 saturated carbocycles. The number of benzene rings is 2. The molecule has 6 nitrogen and oxygen atoms in total. The third kappa shape index (κ3) is 4.58. The first-order chi connectivity index (χ1) is 17.0. The van der Waals surface area contributed by atoms with Gasteiger partial charge in [-0.15, -0.1) is 0 Å². The van der Waals surface area contributed by atoms with Gasteiger partial charge in [0.25, 0.3) is 0 Å². The molecule has 3 atom stereocenters. The summed E-state index contributed by atoms with van der Waals surface area (Å²) in [4.78, 5) is 12.8. The number of aryl methyl sites for hydroxylation is 1. The second kappa shape index (κ2) is 9.83. The van der Waals surface area contributed by atoms with Gasteiger partial charge in [0.15, 0.2) is 23.0 Å². The third-order valence-electron chi connectivity index (χ3n) is 7.68. The average molecular weight is 477 g/mol. The third-order valence-corrected chi connectivity index (χ3v) is 7.68. The second-order valence-corrected chi connectivity index (χ2v) is 9.94. The number of carbonyl (C=O) groups is 1. The van der Waals surface area contributed by atoms with Crippen molar-refractivity contribution in [2.75, 3.05) is 13.7 Å². The fourth-order valence-corrected chi connectivity index (χ4v) is 5.97. The van der Waals surface area contributed by atoms with Crippen molar-refractivity contribution in [2.45, 2.75) is 75.7 Å². The van der Waals surface area contributed by atoms with Crippen LogP contribution in [-0.2, 0) is 17.6 Å². The Morgan fingerprint density at radius 1 is 1.09 bits per heavy atom. The summed E-state index contributed by atoms with van der Waals surface area (Å²) in [5.74, 6) is 7.70. The van der Waals surface area contributed by atoms with Gasteiger partial charge in [0.2, 0.25) is 0 Å². The monoisotopic (exact) mass is 476 g/mol. The van der Waals surface area contributed by atoms with Crippen LogP contribution >= 0.6 is 0 Å². The number of phenolic OH excluding ortho intramolecular Hbond substituents is 2. The van der Waals surface area contributed by atoms with Crippen molar-refractivity contribution < 1.29 is 29.6 Å². The van der Waals surface area contributed by atoms with Crippen molar-refractivity contribution in [3.63, 3.8) is 0 Å². The largest absolute Gasteiger partial charge is 0.504 e. The van der Waals surface area contributed by atoms with Crippen molar-refractivity contribution in [1.82, 2.24) is 0 Å². The molecule has 0 saturated heterocycles. The highest BCUT2D eigenvalue weighted by Gasteiger charge is 2.34. The maximum absolute atomic E-state index is 12.8. The van der Waals surface area contributed by atoms with Crippen molar-refractivity contribution in [3.05, 3.63) is 46.0 Å². The molecule has 2 aliphatic carbocycles. The zero-order chi connectivity index (χ0) is 24.5. The molecule has 0 radical (unpaired) electrons. The predicted octanol–water partition coefficient (Wildman–Crippen LogP) is 4.49. The molecule has 35 heavy (non-hydrogen) atoms. The number of phenols is 2. The van der Waals surface area contributed by atoms with E-state index in [2.05, 4.69) is 11.8 Å². The van der Waals surface area contributed by atoms with Crippen LogP contribution in [0, 0.1) is 11.8 Å². The van der Waals surface area contributed by atoms with Gasteiger partial charge in [-0.3, -0.25) is 4.79 Å². The number of rotatable bonds is 1. The van der Waals surface area contributed by atoms with Crippen LogP contribution in [0.1, 0.15) is 84.6 Å². The maximum Gasteiger partial charge on any atom is 0.176 e.